The van der Waals surface area contributed by atoms with Gasteiger partial charge in [0.05, 0.1) is 0 Å². The third-order valence-corrected chi connectivity index (χ3v) is 1.76. The number of carbonyl (C=O) groups excluding carboxylic acids is 2. The first-order valence-electron chi connectivity index (χ1n) is 3.66. The van der Waals surface area contributed by atoms with Crippen LogP contribution in [-0.2, 0) is 9.59 Å². The minimum atomic E-state index is -0.222. The zero-order valence-electron chi connectivity index (χ0n) is 6.17. The van der Waals surface area contributed by atoms with Gasteiger partial charge >= 0.3 is 0 Å². The molecule has 0 spiro atoms. The summed E-state index contributed by atoms with van der Waals surface area (Å²) in [6.07, 6.45) is 1.28. The van der Waals surface area contributed by atoms with E-state index < -0.39 is 0 Å². The molecule has 2 amide bonds. The van der Waals surface area contributed by atoms with E-state index in [-0.39, 0.29) is 24.3 Å². The van der Waals surface area contributed by atoms with Crippen molar-refractivity contribution in [2.75, 3.05) is 6.61 Å². The van der Waals surface area contributed by atoms with Crippen LogP contribution in [0.5, 0.6) is 0 Å². The molecule has 0 aromatic rings. The van der Waals surface area contributed by atoms with Gasteiger partial charge in [0.2, 0.25) is 11.8 Å². The van der Waals surface area contributed by atoms with E-state index in [1.54, 1.807) is 0 Å². The minimum Gasteiger partial charge on any atom is -0.396 e. The van der Waals surface area contributed by atoms with Gasteiger partial charge in [0.25, 0.3) is 0 Å². The van der Waals surface area contributed by atoms with Gasteiger partial charge in [-0.3, -0.25) is 14.9 Å². The minimum absolute atomic E-state index is 0.0428. The van der Waals surface area contributed by atoms with Crippen molar-refractivity contribution in [3.8, 4) is 0 Å². The number of imide groups is 1. The summed E-state index contributed by atoms with van der Waals surface area (Å²) in [5.74, 6) is -0.402. The van der Waals surface area contributed by atoms with Crippen molar-refractivity contribution in [1.29, 1.82) is 0 Å². The van der Waals surface area contributed by atoms with Gasteiger partial charge in [0.15, 0.2) is 0 Å². The van der Waals surface area contributed by atoms with Gasteiger partial charge in [-0.2, -0.15) is 0 Å². The summed E-state index contributed by atoms with van der Waals surface area (Å²) in [5.41, 5.74) is 0. The Hall–Kier alpha value is -0.900. The summed E-state index contributed by atoms with van der Waals surface area (Å²) in [6, 6.07) is 0. The molecule has 0 bridgehead atoms. The number of aliphatic hydroxyl groups excluding tert-OH is 1. The molecule has 1 fully saturated rings. The van der Waals surface area contributed by atoms with Gasteiger partial charge in [-0.1, -0.05) is 0 Å². The second-order valence-electron chi connectivity index (χ2n) is 2.76. The lowest BCUT2D eigenvalue weighted by Crippen LogP contribution is -2.38. The Balaban J connectivity index is 2.43. The smallest absolute Gasteiger partial charge is 0.226 e. The summed E-state index contributed by atoms with van der Waals surface area (Å²) in [7, 11) is 0. The summed E-state index contributed by atoms with van der Waals surface area (Å²) >= 11 is 0. The molecule has 0 atom stereocenters. The maximum absolute atomic E-state index is 10.7. The predicted molar refractivity (Wildman–Crippen MR) is 37.6 cm³/mol. The molecule has 1 rings (SSSR count). The van der Waals surface area contributed by atoms with Crippen LogP contribution in [0.15, 0.2) is 0 Å². The quantitative estimate of drug-likeness (QED) is 0.527. The van der Waals surface area contributed by atoms with Crippen LogP contribution in [0.4, 0.5) is 0 Å². The van der Waals surface area contributed by atoms with Gasteiger partial charge in [-0.05, 0) is 12.3 Å². The zero-order valence-corrected chi connectivity index (χ0v) is 6.17. The fraction of sp³-hybridized carbons (Fsp3) is 0.714. The van der Waals surface area contributed by atoms with Crippen LogP contribution >= 0.6 is 0 Å². The first-order chi connectivity index (χ1) is 5.22. The molecule has 1 aliphatic rings. The normalized spacial score (nSPS) is 20.1. The van der Waals surface area contributed by atoms with E-state index in [1.807, 2.05) is 0 Å². The molecule has 1 aliphatic heterocycles. The van der Waals surface area contributed by atoms with Crippen LogP contribution in [0.2, 0.25) is 0 Å². The average molecular weight is 157 g/mol. The van der Waals surface area contributed by atoms with Gasteiger partial charge < -0.3 is 5.11 Å². The number of nitrogens with one attached hydrogen (secondary N) is 1. The molecule has 0 radical (unpaired) electrons. The van der Waals surface area contributed by atoms with Crippen molar-refractivity contribution in [2.45, 2.75) is 19.3 Å². The highest BCUT2D eigenvalue weighted by molar-refractivity contribution is 5.97. The maximum Gasteiger partial charge on any atom is 0.226 e. The molecule has 0 aliphatic carbocycles. The monoisotopic (exact) mass is 157 g/mol. The lowest BCUT2D eigenvalue weighted by molar-refractivity contribution is -0.135. The summed E-state index contributed by atoms with van der Waals surface area (Å²) < 4.78 is 0. The second kappa shape index (κ2) is 3.48. The van der Waals surface area contributed by atoms with E-state index in [4.69, 9.17) is 5.11 Å². The molecular formula is C7H11NO3. The number of hydrogen-bond donors (Lipinski definition) is 2. The number of carbonyl (C=O) groups is 2. The average Bonchev–Trinajstić information content (AvgIpc) is 1.85. The van der Waals surface area contributed by atoms with E-state index in [0.717, 1.165) is 0 Å². The van der Waals surface area contributed by atoms with E-state index >= 15 is 0 Å². The number of aliphatic hydroxyl groups is 1. The molecule has 0 aromatic heterocycles. The first-order valence-corrected chi connectivity index (χ1v) is 3.66. The van der Waals surface area contributed by atoms with Crippen molar-refractivity contribution < 1.29 is 14.7 Å². The highest BCUT2D eigenvalue weighted by Gasteiger charge is 2.23. The number of rotatable bonds is 2. The fourth-order valence-electron chi connectivity index (χ4n) is 1.24. The van der Waals surface area contributed by atoms with Crippen molar-refractivity contribution >= 4 is 11.8 Å². The van der Waals surface area contributed by atoms with Crippen molar-refractivity contribution in [1.82, 2.24) is 5.32 Å². The molecule has 2 N–H and O–H groups in total. The molecule has 0 unspecified atom stereocenters. The standard InChI is InChI=1S/C7H11NO3/c9-2-1-5-3-6(10)8-7(11)4-5/h5,9H,1-4H2,(H,8,10,11). The Morgan fingerprint density at radius 1 is 1.36 bits per heavy atom. The lowest BCUT2D eigenvalue weighted by atomic mass is 9.94. The molecule has 0 aromatic carbocycles. The van der Waals surface area contributed by atoms with Crippen molar-refractivity contribution in [3.05, 3.63) is 0 Å². The topological polar surface area (TPSA) is 66.4 Å². The third-order valence-electron chi connectivity index (χ3n) is 1.76. The van der Waals surface area contributed by atoms with E-state index in [2.05, 4.69) is 5.32 Å². The number of hydrogen-bond acceptors (Lipinski definition) is 3. The Morgan fingerprint density at radius 2 is 1.91 bits per heavy atom. The van der Waals surface area contributed by atoms with E-state index in [1.165, 1.54) is 0 Å². The summed E-state index contributed by atoms with van der Waals surface area (Å²) in [5, 5.41) is 10.8. The van der Waals surface area contributed by atoms with Crippen LogP contribution < -0.4 is 5.32 Å². The highest BCUT2D eigenvalue weighted by Crippen LogP contribution is 2.16. The number of amides is 2. The molecule has 1 saturated heterocycles. The number of piperidine rings is 1. The Kier molecular flexibility index (Phi) is 2.59. The van der Waals surface area contributed by atoms with Crippen molar-refractivity contribution in [2.24, 2.45) is 5.92 Å². The van der Waals surface area contributed by atoms with E-state index in [9.17, 15) is 9.59 Å². The largest absolute Gasteiger partial charge is 0.396 e. The lowest BCUT2D eigenvalue weighted by Gasteiger charge is -2.19. The summed E-state index contributed by atoms with van der Waals surface area (Å²) in [6.45, 7) is 0.0469. The first kappa shape index (κ1) is 8.20. The molecule has 11 heavy (non-hydrogen) atoms. The second-order valence-corrected chi connectivity index (χ2v) is 2.76. The fourth-order valence-corrected chi connectivity index (χ4v) is 1.24. The van der Waals surface area contributed by atoms with Crippen LogP contribution in [-0.4, -0.2) is 23.5 Å². The Morgan fingerprint density at radius 3 is 2.36 bits per heavy atom. The third kappa shape index (κ3) is 2.31. The Bertz CT molecular complexity index is 163. The van der Waals surface area contributed by atoms with Crippen molar-refractivity contribution in [3.63, 3.8) is 0 Å². The van der Waals surface area contributed by atoms with Crippen LogP contribution in [0.3, 0.4) is 0 Å². The SMILES string of the molecule is O=C1CC(CCO)CC(=O)N1. The van der Waals surface area contributed by atoms with E-state index in [0.29, 0.717) is 19.3 Å². The van der Waals surface area contributed by atoms with Gasteiger partial charge in [0.1, 0.15) is 0 Å². The molecule has 4 heteroatoms. The van der Waals surface area contributed by atoms with Crippen LogP contribution in [0.25, 0.3) is 0 Å². The molecule has 0 saturated carbocycles. The van der Waals surface area contributed by atoms with Gasteiger partial charge in [-0.25, -0.2) is 0 Å². The maximum atomic E-state index is 10.7. The molecule has 62 valence electrons. The molecular weight excluding hydrogens is 146 g/mol. The Labute approximate surface area is 64.6 Å². The molecule has 4 nitrogen and oxygen atoms in total. The predicted octanol–water partition coefficient (Wildman–Crippen LogP) is -0.578. The van der Waals surface area contributed by atoms with Crippen LogP contribution in [0.1, 0.15) is 19.3 Å². The van der Waals surface area contributed by atoms with Gasteiger partial charge in [0, 0.05) is 19.4 Å². The zero-order chi connectivity index (χ0) is 8.27. The summed E-state index contributed by atoms with van der Waals surface area (Å²) in [4.78, 5) is 21.5. The van der Waals surface area contributed by atoms with Crippen LogP contribution in [0, 0.1) is 5.92 Å². The van der Waals surface area contributed by atoms with Gasteiger partial charge in [-0.15, -0.1) is 0 Å². The molecule has 1 heterocycles. The highest BCUT2D eigenvalue weighted by atomic mass is 16.3.